The van der Waals surface area contributed by atoms with Crippen molar-refractivity contribution in [3.63, 3.8) is 0 Å². The van der Waals surface area contributed by atoms with Gasteiger partial charge in [-0.3, -0.25) is 0 Å². The maximum Gasteiger partial charge on any atom is 0.0605 e. The van der Waals surface area contributed by atoms with Crippen LogP contribution in [0.4, 0.5) is 0 Å². The molecule has 0 bridgehead atoms. The zero-order valence-corrected chi connectivity index (χ0v) is 15.3. The van der Waals surface area contributed by atoms with Crippen LogP contribution in [0.3, 0.4) is 0 Å². The highest BCUT2D eigenvalue weighted by molar-refractivity contribution is 5.11. The minimum atomic E-state index is -0.133. The average Bonchev–Trinajstić information content (AvgIpc) is 2.91. The third-order valence-corrected chi connectivity index (χ3v) is 9.17. The van der Waals surface area contributed by atoms with E-state index in [2.05, 4.69) is 20.8 Å². The van der Waals surface area contributed by atoms with Crippen LogP contribution in [0.1, 0.15) is 78.6 Å². The van der Waals surface area contributed by atoms with E-state index in [0.29, 0.717) is 34.5 Å². The first kappa shape index (κ1) is 16.4. The van der Waals surface area contributed by atoms with E-state index in [9.17, 15) is 10.2 Å². The topological polar surface area (TPSA) is 40.5 Å². The Hall–Kier alpha value is -0.0800. The molecule has 4 rings (SSSR count). The SMILES string of the molecule is CC[C@H]1[C@@H](O)C2[C@@H]3CCCC3(C)CC[C@@H]2[C@@]2(C)CC[C@@H](O)C[C@@H]12. The van der Waals surface area contributed by atoms with E-state index >= 15 is 0 Å². The molecule has 0 radical (unpaired) electrons. The van der Waals surface area contributed by atoms with Gasteiger partial charge in [-0.05, 0) is 85.4 Å². The van der Waals surface area contributed by atoms with Gasteiger partial charge in [-0.25, -0.2) is 0 Å². The summed E-state index contributed by atoms with van der Waals surface area (Å²) in [5.41, 5.74) is 0.853. The van der Waals surface area contributed by atoms with Crippen molar-refractivity contribution in [2.24, 2.45) is 40.4 Å². The van der Waals surface area contributed by atoms with Gasteiger partial charge in [0.25, 0.3) is 0 Å². The van der Waals surface area contributed by atoms with Crippen molar-refractivity contribution >= 4 is 0 Å². The highest BCUT2D eigenvalue weighted by Gasteiger charge is 2.62. The van der Waals surface area contributed by atoms with Crippen LogP contribution in [0.2, 0.25) is 0 Å². The van der Waals surface area contributed by atoms with Crippen molar-refractivity contribution in [1.82, 2.24) is 0 Å². The van der Waals surface area contributed by atoms with Gasteiger partial charge in [0.15, 0.2) is 0 Å². The van der Waals surface area contributed by atoms with E-state index in [1.165, 1.54) is 38.5 Å². The van der Waals surface area contributed by atoms with Gasteiger partial charge in [-0.15, -0.1) is 0 Å². The molecule has 23 heavy (non-hydrogen) atoms. The van der Waals surface area contributed by atoms with E-state index in [-0.39, 0.29) is 12.2 Å². The molecule has 132 valence electrons. The Bertz CT molecular complexity index is 463. The molecule has 0 aliphatic heterocycles. The number of hydrogen-bond acceptors (Lipinski definition) is 2. The minimum absolute atomic E-state index is 0.129. The molecule has 2 heteroatoms. The molecule has 2 unspecified atom stereocenters. The lowest BCUT2D eigenvalue weighted by Crippen LogP contribution is -2.61. The number of fused-ring (bicyclic) bond motifs is 5. The Balaban J connectivity index is 1.73. The first-order chi connectivity index (χ1) is 10.9. The first-order valence-corrected chi connectivity index (χ1v) is 10.3. The van der Waals surface area contributed by atoms with Crippen LogP contribution in [-0.2, 0) is 0 Å². The molecule has 0 saturated heterocycles. The van der Waals surface area contributed by atoms with Crippen LogP contribution in [0.5, 0.6) is 0 Å². The predicted molar refractivity (Wildman–Crippen MR) is 92.9 cm³/mol. The summed E-state index contributed by atoms with van der Waals surface area (Å²) in [6, 6.07) is 0. The minimum Gasteiger partial charge on any atom is -0.393 e. The molecule has 0 amide bonds. The summed E-state index contributed by atoms with van der Waals surface area (Å²) in [7, 11) is 0. The van der Waals surface area contributed by atoms with Crippen LogP contribution in [-0.4, -0.2) is 22.4 Å². The molecule has 4 saturated carbocycles. The van der Waals surface area contributed by atoms with Gasteiger partial charge in [0.2, 0.25) is 0 Å². The maximum absolute atomic E-state index is 11.4. The molecular formula is C21H36O2. The number of hydrogen-bond donors (Lipinski definition) is 2. The average molecular weight is 321 g/mol. The molecule has 0 aromatic heterocycles. The fourth-order valence-corrected chi connectivity index (χ4v) is 7.95. The molecular weight excluding hydrogens is 284 g/mol. The summed E-state index contributed by atoms with van der Waals surface area (Å²) in [5.74, 6) is 2.89. The number of rotatable bonds is 1. The fraction of sp³-hybridized carbons (Fsp3) is 1.00. The van der Waals surface area contributed by atoms with Crippen molar-refractivity contribution in [3.8, 4) is 0 Å². The lowest BCUT2D eigenvalue weighted by atomic mass is 9.42. The smallest absolute Gasteiger partial charge is 0.0605 e. The monoisotopic (exact) mass is 320 g/mol. The Labute approximate surface area is 142 Å². The molecule has 0 aromatic rings. The van der Waals surface area contributed by atoms with Crippen molar-refractivity contribution in [2.75, 3.05) is 0 Å². The summed E-state index contributed by atoms with van der Waals surface area (Å²) < 4.78 is 0. The fourth-order valence-electron chi connectivity index (χ4n) is 7.95. The van der Waals surface area contributed by atoms with E-state index < -0.39 is 0 Å². The van der Waals surface area contributed by atoms with Crippen molar-refractivity contribution < 1.29 is 10.2 Å². The van der Waals surface area contributed by atoms with Gasteiger partial charge >= 0.3 is 0 Å². The van der Waals surface area contributed by atoms with E-state index in [1.54, 1.807) is 0 Å². The van der Waals surface area contributed by atoms with E-state index in [1.807, 2.05) is 0 Å². The van der Waals surface area contributed by atoms with Crippen LogP contribution in [0.25, 0.3) is 0 Å². The van der Waals surface area contributed by atoms with Gasteiger partial charge in [0.1, 0.15) is 0 Å². The second-order valence-electron chi connectivity index (χ2n) is 9.98. The Kier molecular flexibility index (Phi) is 3.89. The highest BCUT2D eigenvalue weighted by Crippen LogP contribution is 2.67. The van der Waals surface area contributed by atoms with Crippen LogP contribution >= 0.6 is 0 Å². The molecule has 0 spiro atoms. The zero-order valence-electron chi connectivity index (χ0n) is 15.3. The first-order valence-electron chi connectivity index (χ1n) is 10.3. The summed E-state index contributed by atoms with van der Waals surface area (Å²) in [6.07, 6.45) is 10.7. The zero-order chi connectivity index (χ0) is 16.4. The third-order valence-electron chi connectivity index (χ3n) is 9.17. The van der Waals surface area contributed by atoms with Gasteiger partial charge in [-0.1, -0.05) is 33.6 Å². The molecule has 2 nitrogen and oxygen atoms in total. The molecule has 2 N–H and O–H groups in total. The second kappa shape index (κ2) is 5.46. The summed E-state index contributed by atoms with van der Waals surface area (Å²) in [4.78, 5) is 0. The van der Waals surface area contributed by atoms with Gasteiger partial charge < -0.3 is 10.2 Å². The van der Waals surface area contributed by atoms with Crippen molar-refractivity contribution in [3.05, 3.63) is 0 Å². The second-order valence-corrected chi connectivity index (χ2v) is 9.98. The Morgan fingerprint density at radius 2 is 1.70 bits per heavy atom. The number of aliphatic hydroxyl groups is 2. The molecule has 0 heterocycles. The van der Waals surface area contributed by atoms with Crippen LogP contribution in [0, 0.1) is 40.4 Å². The standard InChI is InChI=1S/C21H36O2/c1-4-14-17-12-13(22)7-11-21(17,3)16-8-10-20(2)9-5-6-15(20)18(16)19(14)23/h13-19,22-23H,4-12H2,1-3H3/t13-,14-,15+,16+,17+,18?,19-,20?,21-/m1/s1. The molecule has 4 fully saturated rings. The van der Waals surface area contributed by atoms with Crippen molar-refractivity contribution in [2.45, 2.75) is 90.8 Å². The summed E-state index contributed by atoms with van der Waals surface area (Å²) in [5, 5.41) is 21.7. The largest absolute Gasteiger partial charge is 0.393 e. The molecule has 4 aliphatic rings. The maximum atomic E-state index is 11.4. The van der Waals surface area contributed by atoms with Gasteiger partial charge in [0, 0.05) is 0 Å². The Morgan fingerprint density at radius 1 is 0.913 bits per heavy atom. The van der Waals surface area contributed by atoms with Gasteiger partial charge in [0.05, 0.1) is 12.2 Å². The lowest BCUT2D eigenvalue weighted by Gasteiger charge is -2.64. The van der Waals surface area contributed by atoms with Crippen LogP contribution in [0.15, 0.2) is 0 Å². The quantitative estimate of drug-likeness (QED) is 0.752. The predicted octanol–water partition coefficient (Wildman–Crippen LogP) is 4.39. The van der Waals surface area contributed by atoms with Crippen molar-refractivity contribution in [1.29, 1.82) is 0 Å². The van der Waals surface area contributed by atoms with E-state index in [0.717, 1.165) is 25.2 Å². The third kappa shape index (κ3) is 2.20. The summed E-state index contributed by atoms with van der Waals surface area (Å²) >= 11 is 0. The van der Waals surface area contributed by atoms with E-state index in [4.69, 9.17) is 0 Å². The normalized spacial score (nSPS) is 59.1. The highest BCUT2D eigenvalue weighted by atomic mass is 16.3. The molecule has 9 atom stereocenters. The lowest BCUT2D eigenvalue weighted by molar-refractivity contribution is -0.198. The van der Waals surface area contributed by atoms with Crippen LogP contribution < -0.4 is 0 Å². The van der Waals surface area contributed by atoms with Gasteiger partial charge in [-0.2, -0.15) is 0 Å². The Morgan fingerprint density at radius 3 is 2.43 bits per heavy atom. The molecule has 0 aromatic carbocycles. The molecule has 4 aliphatic carbocycles. The number of aliphatic hydroxyl groups excluding tert-OH is 2. The summed E-state index contributed by atoms with van der Waals surface area (Å²) in [6.45, 7) is 7.28.